The van der Waals surface area contributed by atoms with Crippen molar-refractivity contribution in [1.82, 2.24) is 25.3 Å². The Kier molecular flexibility index (Phi) is 9.48. The third kappa shape index (κ3) is 7.10. The van der Waals surface area contributed by atoms with E-state index in [1.165, 1.54) is 0 Å². The van der Waals surface area contributed by atoms with E-state index in [-0.39, 0.29) is 30.6 Å². The van der Waals surface area contributed by atoms with Crippen LogP contribution in [0.4, 0.5) is 0 Å². The van der Waals surface area contributed by atoms with Gasteiger partial charge in [0.2, 0.25) is 0 Å². The molecule has 0 radical (unpaired) electrons. The minimum Gasteiger partial charge on any atom is -0.355 e. The molecule has 3 aromatic carbocycles. The van der Waals surface area contributed by atoms with Gasteiger partial charge in [-0.15, -0.1) is 0 Å². The number of carbonyl (C=O) groups excluding carboxylic acids is 3. The maximum absolute atomic E-state index is 13.5. The SMILES string of the molecule is CNC(=O)c1ccc(CNC(=O)c2nn(CCO[C@@H]3CCCCO3)c3ccc(-c4ccc(C(=O)N(C)C)cc4)cc23)cc1. The van der Waals surface area contributed by atoms with E-state index in [0.29, 0.717) is 42.0 Å². The molecule has 1 atom stereocenters. The minimum absolute atomic E-state index is 0.0636. The van der Waals surface area contributed by atoms with Gasteiger partial charge >= 0.3 is 0 Å². The van der Waals surface area contributed by atoms with Gasteiger partial charge in [-0.05, 0) is 72.4 Å². The lowest BCUT2D eigenvalue weighted by molar-refractivity contribution is -0.163. The number of rotatable bonds is 10. The van der Waals surface area contributed by atoms with Crippen molar-refractivity contribution in [3.8, 4) is 11.1 Å². The second-order valence-corrected chi connectivity index (χ2v) is 10.7. The molecule has 0 spiro atoms. The monoisotopic (exact) mass is 583 g/mol. The van der Waals surface area contributed by atoms with Crippen molar-refractivity contribution in [2.24, 2.45) is 0 Å². The van der Waals surface area contributed by atoms with Gasteiger partial charge in [0.05, 0.1) is 18.7 Å². The summed E-state index contributed by atoms with van der Waals surface area (Å²) in [6.07, 6.45) is 2.81. The molecule has 10 heteroatoms. The molecule has 1 aromatic heterocycles. The topological polar surface area (TPSA) is 115 Å². The van der Waals surface area contributed by atoms with Gasteiger partial charge < -0.3 is 25.0 Å². The molecule has 1 aliphatic heterocycles. The van der Waals surface area contributed by atoms with Crippen LogP contribution >= 0.6 is 0 Å². The van der Waals surface area contributed by atoms with Crippen molar-refractivity contribution in [2.75, 3.05) is 34.4 Å². The third-order valence-electron chi connectivity index (χ3n) is 7.48. The quantitative estimate of drug-likeness (QED) is 0.289. The highest BCUT2D eigenvalue weighted by Gasteiger charge is 2.20. The van der Waals surface area contributed by atoms with E-state index in [4.69, 9.17) is 14.6 Å². The zero-order valence-corrected chi connectivity index (χ0v) is 24.8. The first-order valence-electron chi connectivity index (χ1n) is 14.5. The van der Waals surface area contributed by atoms with Crippen LogP contribution < -0.4 is 10.6 Å². The smallest absolute Gasteiger partial charge is 0.272 e. The highest BCUT2D eigenvalue weighted by Crippen LogP contribution is 2.28. The summed E-state index contributed by atoms with van der Waals surface area (Å²) in [5, 5.41) is 11.0. The predicted octanol–water partition coefficient (Wildman–Crippen LogP) is 4.24. The number of hydrogen-bond donors (Lipinski definition) is 2. The molecular weight excluding hydrogens is 546 g/mol. The Morgan fingerprint density at radius 3 is 2.35 bits per heavy atom. The fraction of sp³-hybridized carbons (Fsp3) is 0.333. The minimum atomic E-state index is -0.306. The first kappa shape index (κ1) is 29.9. The Labute approximate surface area is 251 Å². The normalized spacial score (nSPS) is 14.8. The van der Waals surface area contributed by atoms with Crippen LogP contribution in [0.3, 0.4) is 0 Å². The Hall–Kier alpha value is -4.54. The molecule has 43 heavy (non-hydrogen) atoms. The number of hydrogen-bond acceptors (Lipinski definition) is 6. The Morgan fingerprint density at radius 2 is 1.67 bits per heavy atom. The lowest BCUT2D eigenvalue weighted by atomic mass is 10.0. The number of nitrogens with one attached hydrogen (secondary N) is 2. The van der Waals surface area contributed by atoms with Crippen LogP contribution in [-0.2, 0) is 22.6 Å². The van der Waals surface area contributed by atoms with Crippen LogP contribution in [0.1, 0.15) is 56.0 Å². The summed E-state index contributed by atoms with van der Waals surface area (Å²) >= 11 is 0. The van der Waals surface area contributed by atoms with Gasteiger partial charge in [-0.1, -0.05) is 30.3 Å². The maximum Gasteiger partial charge on any atom is 0.272 e. The van der Waals surface area contributed by atoms with Gasteiger partial charge in [0.25, 0.3) is 17.7 Å². The zero-order chi connectivity index (χ0) is 30.3. The largest absolute Gasteiger partial charge is 0.355 e. The highest BCUT2D eigenvalue weighted by molar-refractivity contribution is 6.06. The lowest BCUT2D eigenvalue weighted by Gasteiger charge is -2.22. The van der Waals surface area contributed by atoms with E-state index in [1.807, 2.05) is 42.5 Å². The number of aromatic nitrogens is 2. The van der Waals surface area contributed by atoms with E-state index in [1.54, 1.807) is 55.0 Å². The average molecular weight is 584 g/mol. The van der Waals surface area contributed by atoms with Crippen LogP contribution in [0, 0.1) is 0 Å². The van der Waals surface area contributed by atoms with Crippen molar-refractivity contribution >= 4 is 28.6 Å². The molecule has 0 saturated carbocycles. The number of nitrogens with zero attached hydrogens (tertiary/aromatic N) is 3. The lowest BCUT2D eigenvalue weighted by Crippen LogP contribution is -2.25. The summed E-state index contributed by atoms with van der Waals surface area (Å²) in [5.41, 5.74) is 4.97. The van der Waals surface area contributed by atoms with Crippen LogP contribution in [-0.4, -0.2) is 73.0 Å². The van der Waals surface area contributed by atoms with Gasteiger partial charge in [0, 0.05) is 50.8 Å². The number of carbonyl (C=O) groups is 3. The van der Waals surface area contributed by atoms with E-state index < -0.39 is 0 Å². The van der Waals surface area contributed by atoms with Crippen LogP contribution in [0.2, 0.25) is 0 Å². The molecular formula is C33H37N5O5. The van der Waals surface area contributed by atoms with Crippen LogP contribution in [0.5, 0.6) is 0 Å². The Bertz CT molecular complexity index is 1590. The molecule has 4 aromatic rings. The fourth-order valence-corrected chi connectivity index (χ4v) is 5.06. The summed E-state index contributed by atoms with van der Waals surface area (Å²) in [6.45, 7) is 1.86. The fourth-order valence-electron chi connectivity index (χ4n) is 5.06. The molecule has 1 aliphatic rings. The molecule has 2 N–H and O–H groups in total. The van der Waals surface area contributed by atoms with Crippen molar-refractivity contribution in [3.63, 3.8) is 0 Å². The van der Waals surface area contributed by atoms with Gasteiger partial charge in [0.1, 0.15) is 0 Å². The molecule has 1 fully saturated rings. The summed E-state index contributed by atoms with van der Waals surface area (Å²) in [6, 6.07) is 20.4. The van der Waals surface area contributed by atoms with E-state index in [0.717, 1.165) is 41.5 Å². The van der Waals surface area contributed by atoms with Gasteiger partial charge in [0.15, 0.2) is 12.0 Å². The molecule has 2 heterocycles. The number of fused-ring (bicyclic) bond motifs is 1. The van der Waals surface area contributed by atoms with Crippen LogP contribution in [0.15, 0.2) is 66.7 Å². The second kappa shape index (κ2) is 13.6. The van der Waals surface area contributed by atoms with E-state index >= 15 is 0 Å². The van der Waals surface area contributed by atoms with Crippen molar-refractivity contribution < 1.29 is 23.9 Å². The Morgan fingerprint density at radius 1 is 0.953 bits per heavy atom. The number of benzene rings is 3. The molecule has 224 valence electrons. The van der Waals surface area contributed by atoms with Gasteiger partial charge in [-0.2, -0.15) is 5.10 Å². The molecule has 1 saturated heterocycles. The standard InChI is InChI=1S/C33H37N5O5/c1-34-31(39)24-9-7-22(8-10-24)21-35-32(40)30-27-20-26(23-11-13-25(14-12-23)33(41)37(2)3)15-16-28(27)38(36-30)17-19-43-29-6-4-5-18-42-29/h7-16,20,29H,4-6,17-19,21H2,1-3H3,(H,34,39)(H,35,40)/t29-/m1/s1. The first-order valence-corrected chi connectivity index (χ1v) is 14.5. The van der Waals surface area contributed by atoms with Crippen molar-refractivity contribution in [3.05, 3.63) is 89.1 Å². The average Bonchev–Trinajstić information content (AvgIpc) is 3.41. The molecule has 0 unspecified atom stereocenters. The zero-order valence-electron chi connectivity index (χ0n) is 24.8. The summed E-state index contributed by atoms with van der Waals surface area (Å²) < 4.78 is 13.4. The summed E-state index contributed by atoms with van der Waals surface area (Å²) in [7, 11) is 5.03. The number of amides is 3. The maximum atomic E-state index is 13.5. The molecule has 0 aliphatic carbocycles. The number of ether oxygens (including phenoxy) is 2. The molecule has 5 rings (SSSR count). The van der Waals surface area contributed by atoms with Crippen LogP contribution in [0.25, 0.3) is 22.0 Å². The predicted molar refractivity (Wildman–Crippen MR) is 164 cm³/mol. The highest BCUT2D eigenvalue weighted by atomic mass is 16.7. The van der Waals surface area contributed by atoms with E-state index in [9.17, 15) is 14.4 Å². The van der Waals surface area contributed by atoms with Gasteiger partial charge in [-0.25, -0.2) is 0 Å². The summed E-state index contributed by atoms with van der Waals surface area (Å²) in [5.74, 6) is -0.535. The van der Waals surface area contributed by atoms with E-state index in [2.05, 4.69) is 10.6 Å². The first-order chi connectivity index (χ1) is 20.8. The van der Waals surface area contributed by atoms with Crippen molar-refractivity contribution in [2.45, 2.75) is 38.6 Å². The molecule has 0 bridgehead atoms. The molecule has 3 amide bonds. The Balaban J connectivity index is 1.38. The molecule has 10 nitrogen and oxygen atoms in total. The third-order valence-corrected chi connectivity index (χ3v) is 7.48. The second-order valence-electron chi connectivity index (χ2n) is 10.7. The van der Waals surface area contributed by atoms with Gasteiger partial charge in [-0.3, -0.25) is 19.1 Å². The van der Waals surface area contributed by atoms with Crippen molar-refractivity contribution in [1.29, 1.82) is 0 Å². The summed E-state index contributed by atoms with van der Waals surface area (Å²) in [4.78, 5) is 39.2.